The minimum atomic E-state index is -0.103. The van der Waals surface area contributed by atoms with E-state index in [9.17, 15) is 0 Å². The van der Waals surface area contributed by atoms with E-state index < -0.39 is 0 Å². The highest BCUT2D eigenvalue weighted by Gasteiger charge is 2.53. The third kappa shape index (κ3) is 1.99. The van der Waals surface area contributed by atoms with Gasteiger partial charge in [-0.1, -0.05) is 65.8 Å². The summed E-state index contributed by atoms with van der Waals surface area (Å²) in [5.41, 5.74) is 2.95. The summed E-state index contributed by atoms with van der Waals surface area (Å²) >= 11 is 0. The standard InChI is InChI=1S/C17H26O/c1-15(2,3)17(16(4,5)6)11-13-9-7-8-10-14(13)12-18-17/h7-10H,11-12H2,1-6H3. The van der Waals surface area contributed by atoms with Crippen LogP contribution in [0.1, 0.15) is 52.7 Å². The fraction of sp³-hybridized carbons (Fsp3) is 0.647. The summed E-state index contributed by atoms with van der Waals surface area (Å²) < 4.78 is 6.42. The van der Waals surface area contributed by atoms with Crippen molar-refractivity contribution in [3.05, 3.63) is 35.4 Å². The summed E-state index contributed by atoms with van der Waals surface area (Å²) in [6.07, 6.45) is 1.01. The Hall–Kier alpha value is -0.820. The van der Waals surface area contributed by atoms with Crippen LogP contribution in [0.3, 0.4) is 0 Å². The Morgan fingerprint density at radius 1 is 0.889 bits per heavy atom. The van der Waals surface area contributed by atoms with Crippen molar-refractivity contribution in [1.82, 2.24) is 0 Å². The zero-order valence-electron chi connectivity index (χ0n) is 12.6. The molecule has 0 unspecified atom stereocenters. The second-order valence-corrected chi connectivity index (χ2v) is 7.56. The molecule has 0 spiro atoms. The van der Waals surface area contributed by atoms with Gasteiger partial charge in [0.1, 0.15) is 0 Å². The van der Waals surface area contributed by atoms with Gasteiger partial charge in [-0.25, -0.2) is 0 Å². The summed E-state index contributed by atoms with van der Waals surface area (Å²) in [7, 11) is 0. The Morgan fingerprint density at radius 3 is 1.89 bits per heavy atom. The minimum absolute atomic E-state index is 0.103. The Morgan fingerprint density at radius 2 is 1.39 bits per heavy atom. The van der Waals surface area contributed by atoms with Crippen molar-refractivity contribution in [3.8, 4) is 0 Å². The van der Waals surface area contributed by atoms with Crippen LogP contribution in [0, 0.1) is 10.8 Å². The fourth-order valence-corrected chi connectivity index (χ4v) is 3.48. The lowest BCUT2D eigenvalue weighted by atomic mass is 9.59. The van der Waals surface area contributed by atoms with Crippen LogP contribution in [0.15, 0.2) is 24.3 Å². The highest BCUT2D eigenvalue weighted by atomic mass is 16.5. The van der Waals surface area contributed by atoms with Crippen LogP contribution in [-0.2, 0) is 17.8 Å². The van der Waals surface area contributed by atoms with Crippen molar-refractivity contribution in [2.24, 2.45) is 10.8 Å². The third-order valence-electron chi connectivity index (χ3n) is 4.45. The maximum Gasteiger partial charge on any atom is 0.0823 e. The van der Waals surface area contributed by atoms with E-state index in [1.807, 2.05) is 0 Å². The van der Waals surface area contributed by atoms with Crippen molar-refractivity contribution in [2.75, 3.05) is 0 Å². The van der Waals surface area contributed by atoms with Gasteiger partial charge in [0.05, 0.1) is 12.2 Å². The summed E-state index contributed by atoms with van der Waals surface area (Å²) in [5, 5.41) is 0. The Bertz CT molecular complexity index is 418. The molecular weight excluding hydrogens is 220 g/mol. The highest BCUT2D eigenvalue weighted by Crippen LogP contribution is 2.51. The summed E-state index contributed by atoms with van der Waals surface area (Å²) in [6.45, 7) is 14.5. The highest BCUT2D eigenvalue weighted by molar-refractivity contribution is 5.31. The molecule has 1 heteroatoms. The smallest absolute Gasteiger partial charge is 0.0823 e. The van der Waals surface area contributed by atoms with E-state index in [0.717, 1.165) is 13.0 Å². The van der Waals surface area contributed by atoms with Crippen molar-refractivity contribution >= 4 is 0 Å². The van der Waals surface area contributed by atoms with Crippen LogP contribution in [0.25, 0.3) is 0 Å². The predicted octanol–water partition coefficient (Wildman–Crippen LogP) is 4.59. The molecule has 1 aliphatic heterocycles. The van der Waals surface area contributed by atoms with Crippen molar-refractivity contribution in [2.45, 2.75) is 60.2 Å². The first-order valence-corrected chi connectivity index (χ1v) is 6.88. The van der Waals surface area contributed by atoms with Gasteiger partial charge in [0, 0.05) is 6.42 Å². The van der Waals surface area contributed by atoms with Crippen LogP contribution in [0.2, 0.25) is 0 Å². The molecule has 0 aliphatic carbocycles. The van der Waals surface area contributed by atoms with Crippen molar-refractivity contribution in [1.29, 1.82) is 0 Å². The predicted molar refractivity (Wildman–Crippen MR) is 76.6 cm³/mol. The van der Waals surface area contributed by atoms with E-state index in [1.54, 1.807) is 0 Å². The van der Waals surface area contributed by atoms with Gasteiger partial charge < -0.3 is 4.74 Å². The number of ether oxygens (including phenoxy) is 1. The first-order chi connectivity index (χ1) is 8.17. The molecular formula is C17H26O. The molecule has 0 bridgehead atoms. The molecule has 0 aromatic heterocycles. The minimum Gasteiger partial charge on any atom is -0.369 e. The quantitative estimate of drug-likeness (QED) is 0.650. The molecule has 100 valence electrons. The van der Waals surface area contributed by atoms with Gasteiger partial charge in [-0.3, -0.25) is 0 Å². The lowest BCUT2D eigenvalue weighted by molar-refractivity contribution is -0.195. The zero-order chi connectivity index (χ0) is 13.6. The molecule has 0 amide bonds. The fourth-order valence-electron chi connectivity index (χ4n) is 3.48. The normalized spacial score (nSPS) is 19.4. The van der Waals surface area contributed by atoms with E-state index in [1.165, 1.54) is 11.1 Å². The molecule has 18 heavy (non-hydrogen) atoms. The second-order valence-electron chi connectivity index (χ2n) is 7.56. The Kier molecular flexibility index (Phi) is 3.09. The number of fused-ring (bicyclic) bond motifs is 1. The van der Waals surface area contributed by atoms with Gasteiger partial charge in [-0.15, -0.1) is 0 Å². The van der Waals surface area contributed by atoms with Crippen LogP contribution in [0.5, 0.6) is 0 Å². The zero-order valence-corrected chi connectivity index (χ0v) is 12.6. The summed E-state index contributed by atoms with van der Waals surface area (Å²) in [4.78, 5) is 0. The summed E-state index contributed by atoms with van der Waals surface area (Å²) in [6, 6.07) is 8.68. The number of benzene rings is 1. The van der Waals surface area contributed by atoms with E-state index in [2.05, 4.69) is 65.8 Å². The van der Waals surface area contributed by atoms with Gasteiger partial charge in [0.2, 0.25) is 0 Å². The number of hydrogen-bond acceptors (Lipinski definition) is 1. The van der Waals surface area contributed by atoms with Crippen molar-refractivity contribution in [3.63, 3.8) is 0 Å². The van der Waals surface area contributed by atoms with Crippen molar-refractivity contribution < 1.29 is 4.74 Å². The lowest BCUT2D eigenvalue weighted by Gasteiger charge is -2.55. The molecule has 0 saturated heterocycles. The molecule has 1 aromatic rings. The van der Waals surface area contributed by atoms with E-state index in [0.29, 0.717) is 0 Å². The molecule has 0 atom stereocenters. The Balaban J connectivity index is 2.49. The number of hydrogen-bond donors (Lipinski definition) is 0. The van der Waals surface area contributed by atoms with E-state index in [4.69, 9.17) is 4.74 Å². The molecule has 0 radical (unpaired) electrons. The van der Waals surface area contributed by atoms with Gasteiger partial charge in [0.15, 0.2) is 0 Å². The van der Waals surface area contributed by atoms with Gasteiger partial charge in [-0.2, -0.15) is 0 Å². The lowest BCUT2D eigenvalue weighted by Crippen LogP contribution is -2.58. The average molecular weight is 246 g/mol. The first kappa shape index (κ1) is 13.6. The number of rotatable bonds is 0. The largest absolute Gasteiger partial charge is 0.369 e. The monoisotopic (exact) mass is 246 g/mol. The average Bonchev–Trinajstić information content (AvgIpc) is 2.25. The first-order valence-electron chi connectivity index (χ1n) is 6.88. The second kappa shape index (κ2) is 4.09. The molecule has 1 aromatic carbocycles. The van der Waals surface area contributed by atoms with Crippen LogP contribution in [-0.4, -0.2) is 5.60 Å². The molecule has 1 nitrogen and oxygen atoms in total. The third-order valence-corrected chi connectivity index (χ3v) is 4.45. The van der Waals surface area contributed by atoms with Gasteiger partial charge in [-0.05, 0) is 22.0 Å². The van der Waals surface area contributed by atoms with Crippen LogP contribution < -0.4 is 0 Å². The van der Waals surface area contributed by atoms with E-state index >= 15 is 0 Å². The van der Waals surface area contributed by atoms with Gasteiger partial charge >= 0.3 is 0 Å². The Labute approximate surface area is 112 Å². The SMILES string of the molecule is CC(C)(C)C1(C(C)(C)C)Cc2ccccc2CO1. The molecule has 0 fully saturated rings. The molecule has 0 N–H and O–H groups in total. The molecule has 1 aliphatic rings. The maximum absolute atomic E-state index is 6.42. The molecule has 1 heterocycles. The van der Waals surface area contributed by atoms with Crippen LogP contribution >= 0.6 is 0 Å². The van der Waals surface area contributed by atoms with Crippen LogP contribution in [0.4, 0.5) is 0 Å². The maximum atomic E-state index is 6.42. The van der Waals surface area contributed by atoms with E-state index in [-0.39, 0.29) is 16.4 Å². The molecule has 0 saturated carbocycles. The van der Waals surface area contributed by atoms with Gasteiger partial charge in [0.25, 0.3) is 0 Å². The molecule has 2 rings (SSSR count). The summed E-state index contributed by atoms with van der Waals surface area (Å²) in [5.74, 6) is 0. The topological polar surface area (TPSA) is 9.23 Å².